The van der Waals surface area contributed by atoms with Crippen molar-refractivity contribution in [2.45, 2.75) is 34.5 Å². The van der Waals surface area contributed by atoms with Gasteiger partial charge in [0.05, 0.1) is 18.1 Å². The highest BCUT2D eigenvalue weighted by Gasteiger charge is 2.31. The molecule has 1 amide bonds. The molecule has 0 aliphatic carbocycles. The van der Waals surface area contributed by atoms with Crippen LogP contribution in [-0.2, 0) is 35.5 Å². The Bertz CT molecular complexity index is 1070. The number of carbonyl (C=O) groups is 2. The van der Waals surface area contributed by atoms with E-state index in [2.05, 4.69) is 5.32 Å². The standard InChI is InChI=1S/C22H24N2O6S2/c1-15(30-22(26)20-14-16-4-2-3-5-19(16)31-20)21(25)23-17-6-8-18(9-7-17)32(27,28)24-10-12-29-13-11-24/h2-9,15,20H,10-14H2,1H3,(H,23,25)/t15-,20-/m0/s1. The molecule has 4 rings (SSSR count). The van der Waals surface area contributed by atoms with Crippen LogP contribution in [-0.4, -0.2) is 62.3 Å². The number of fused-ring (bicyclic) bond motifs is 1. The lowest BCUT2D eigenvalue weighted by Crippen LogP contribution is -2.40. The van der Waals surface area contributed by atoms with E-state index in [1.54, 1.807) is 0 Å². The number of benzene rings is 2. The van der Waals surface area contributed by atoms with E-state index >= 15 is 0 Å². The second kappa shape index (κ2) is 9.62. The number of ether oxygens (including phenoxy) is 2. The van der Waals surface area contributed by atoms with Gasteiger partial charge in [0.2, 0.25) is 10.0 Å². The summed E-state index contributed by atoms with van der Waals surface area (Å²) in [6.45, 7) is 2.88. The van der Waals surface area contributed by atoms with E-state index in [4.69, 9.17) is 9.47 Å². The van der Waals surface area contributed by atoms with E-state index in [1.807, 2.05) is 24.3 Å². The average molecular weight is 477 g/mol. The van der Waals surface area contributed by atoms with Gasteiger partial charge in [-0.05, 0) is 49.2 Å². The predicted octanol–water partition coefficient (Wildman–Crippen LogP) is 2.29. The van der Waals surface area contributed by atoms with Crippen LogP contribution in [0.1, 0.15) is 12.5 Å². The van der Waals surface area contributed by atoms with Crippen LogP contribution in [0.4, 0.5) is 5.69 Å². The molecular weight excluding hydrogens is 452 g/mol. The van der Waals surface area contributed by atoms with E-state index < -0.39 is 28.0 Å². The van der Waals surface area contributed by atoms with Gasteiger partial charge in [-0.3, -0.25) is 9.59 Å². The maximum atomic E-state index is 12.7. The van der Waals surface area contributed by atoms with Crippen LogP contribution < -0.4 is 5.32 Å². The van der Waals surface area contributed by atoms with E-state index in [0.29, 0.717) is 38.4 Å². The molecule has 170 valence electrons. The number of thioether (sulfide) groups is 1. The molecule has 0 unspecified atom stereocenters. The first-order valence-corrected chi connectivity index (χ1v) is 12.6. The van der Waals surface area contributed by atoms with E-state index in [0.717, 1.165) is 10.5 Å². The Balaban J connectivity index is 1.32. The van der Waals surface area contributed by atoms with Crippen molar-refractivity contribution in [3.63, 3.8) is 0 Å². The van der Waals surface area contributed by atoms with Gasteiger partial charge in [0.25, 0.3) is 5.91 Å². The molecule has 0 radical (unpaired) electrons. The number of carbonyl (C=O) groups excluding carboxylic acids is 2. The van der Waals surface area contributed by atoms with Crippen LogP contribution >= 0.6 is 11.8 Å². The topological polar surface area (TPSA) is 102 Å². The van der Waals surface area contributed by atoms with Crippen LogP contribution in [0.3, 0.4) is 0 Å². The quantitative estimate of drug-likeness (QED) is 0.638. The molecule has 0 aromatic heterocycles. The van der Waals surface area contributed by atoms with Gasteiger partial charge in [0.15, 0.2) is 6.10 Å². The zero-order chi connectivity index (χ0) is 22.7. The molecule has 1 saturated heterocycles. The molecule has 2 aliphatic heterocycles. The largest absolute Gasteiger partial charge is 0.452 e. The fourth-order valence-electron chi connectivity index (χ4n) is 3.51. The summed E-state index contributed by atoms with van der Waals surface area (Å²) in [7, 11) is -3.60. The number of amides is 1. The van der Waals surface area contributed by atoms with Gasteiger partial charge < -0.3 is 14.8 Å². The third kappa shape index (κ3) is 4.98. The van der Waals surface area contributed by atoms with E-state index in [9.17, 15) is 18.0 Å². The summed E-state index contributed by atoms with van der Waals surface area (Å²) < 4.78 is 37.3. The molecular formula is C22H24N2O6S2. The molecule has 8 nitrogen and oxygen atoms in total. The average Bonchev–Trinajstić information content (AvgIpc) is 3.24. The number of nitrogens with one attached hydrogen (secondary N) is 1. The number of hydrogen-bond donors (Lipinski definition) is 1. The lowest BCUT2D eigenvalue weighted by Gasteiger charge is -2.26. The Hall–Kier alpha value is -2.40. The molecule has 1 fully saturated rings. The maximum Gasteiger partial charge on any atom is 0.320 e. The maximum absolute atomic E-state index is 12.7. The predicted molar refractivity (Wildman–Crippen MR) is 120 cm³/mol. The summed E-state index contributed by atoms with van der Waals surface area (Å²) in [4.78, 5) is 26.2. The molecule has 2 aromatic rings. The fourth-order valence-corrected chi connectivity index (χ4v) is 6.10. The Morgan fingerprint density at radius 2 is 1.81 bits per heavy atom. The molecule has 10 heteroatoms. The zero-order valence-corrected chi connectivity index (χ0v) is 19.2. The smallest absolute Gasteiger partial charge is 0.320 e. The Labute approximate surface area is 191 Å². The van der Waals surface area contributed by atoms with Gasteiger partial charge in [-0.1, -0.05) is 18.2 Å². The number of anilines is 1. The van der Waals surface area contributed by atoms with Crippen molar-refractivity contribution >= 4 is 39.3 Å². The fraction of sp³-hybridized carbons (Fsp3) is 0.364. The highest BCUT2D eigenvalue weighted by molar-refractivity contribution is 8.01. The molecule has 2 heterocycles. The summed E-state index contributed by atoms with van der Waals surface area (Å²) in [6.07, 6.45) is -0.406. The van der Waals surface area contributed by atoms with Crippen LogP contribution in [0.5, 0.6) is 0 Å². The molecule has 2 atom stereocenters. The summed E-state index contributed by atoms with van der Waals surface area (Å²) in [5.41, 5.74) is 1.52. The second-order valence-corrected chi connectivity index (χ2v) is 10.7. The van der Waals surface area contributed by atoms with Crippen molar-refractivity contribution in [1.29, 1.82) is 0 Å². The SMILES string of the molecule is C[C@H](OC(=O)[C@@H]1Cc2ccccc2S1)C(=O)Nc1ccc(S(=O)(=O)N2CCOCC2)cc1. The number of hydrogen-bond acceptors (Lipinski definition) is 7. The number of morpholine rings is 1. The minimum absolute atomic E-state index is 0.148. The van der Waals surface area contributed by atoms with Crippen LogP contribution in [0.15, 0.2) is 58.3 Å². The molecule has 2 aliphatic rings. The van der Waals surface area contributed by atoms with E-state index in [-0.39, 0.29) is 10.1 Å². The second-order valence-electron chi connectivity index (χ2n) is 7.53. The van der Waals surface area contributed by atoms with Gasteiger partial charge in [-0.2, -0.15) is 4.31 Å². The lowest BCUT2D eigenvalue weighted by atomic mass is 10.1. The first-order valence-electron chi connectivity index (χ1n) is 10.3. The van der Waals surface area contributed by atoms with Gasteiger partial charge in [0, 0.05) is 23.7 Å². The number of esters is 1. The molecule has 2 aromatic carbocycles. The van der Waals surface area contributed by atoms with Gasteiger partial charge in [-0.15, -0.1) is 11.8 Å². The molecule has 0 spiro atoms. The van der Waals surface area contributed by atoms with Crippen LogP contribution in [0.2, 0.25) is 0 Å². The summed E-state index contributed by atoms with van der Waals surface area (Å²) in [5.74, 6) is -0.913. The van der Waals surface area contributed by atoms with Crippen LogP contribution in [0.25, 0.3) is 0 Å². The van der Waals surface area contributed by atoms with E-state index in [1.165, 1.54) is 47.3 Å². The van der Waals surface area contributed by atoms with Crippen molar-refractivity contribution in [1.82, 2.24) is 4.31 Å². The highest BCUT2D eigenvalue weighted by Crippen LogP contribution is 2.37. The van der Waals surface area contributed by atoms with Gasteiger partial charge >= 0.3 is 5.97 Å². The number of nitrogens with zero attached hydrogens (tertiary/aromatic N) is 1. The molecule has 0 saturated carbocycles. The summed E-state index contributed by atoms with van der Waals surface area (Å²) in [6, 6.07) is 13.7. The normalized spacial score (nSPS) is 19.7. The molecule has 32 heavy (non-hydrogen) atoms. The Kier molecular flexibility index (Phi) is 6.85. The van der Waals surface area contributed by atoms with Gasteiger partial charge in [-0.25, -0.2) is 8.42 Å². The minimum Gasteiger partial charge on any atom is -0.452 e. The highest BCUT2D eigenvalue weighted by atomic mass is 32.2. The third-order valence-corrected chi connectivity index (χ3v) is 8.51. The molecule has 0 bridgehead atoms. The van der Waals surface area contributed by atoms with Crippen molar-refractivity contribution in [2.75, 3.05) is 31.6 Å². The summed E-state index contributed by atoms with van der Waals surface area (Å²) in [5, 5.41) is 2.29. The summed E-state index contributed by atoms with van der Waals surface area (Å²) >= 11 is 1.44. The number of rotatable bonds is 6. The van der Waals surface area contributed by atoms with Gasteiger partial charge in [0.1, 0.15) is 5.25 Å². The Morgan fingerprint density at radius 3 is 2.50 bits per heavy atom. The minimum atomic E-state index is -3.60. The third-order valence-electron chi connectivity index (χ3n) is 5.30. The Morgan fingerprint density at radius 1 is 1.12 bits per heavy atom. The van der Waals surface area contributed by atoms with Crippen molar-refractivity contribution in [2.24, 2.45) is 0 Å². The monoisotopic (exact) mass is 476 g/mol. The van der Waals surface area contributed by atoms with Crippen molar-refractivity contribution in [3.05, 3.63) is 54.1 Å². The van der Waals surface area contributed by atoms with Crippen molar-refractivity contribution in [3.8, 4) is 0 Å². The number of sulfonamides is 1. The molecule has 1 N–H and O–H groups in total. The van der Waals surface area contributed by atoms with Crippen LogP contribution in [0, 0.1) is 0 Å². The first kappa shape index (κ1) is 22.8. The first-order chi connectivity index (χ1) is 15.3. The lowest BCUT2D eigenvalue weighted by molar-refractivity contribution is -0.152. The van der Waals surface area contributed by atoms with Crippen molar-refractivity contribution < 1.29 is 27.5 Å². The zero-order valence-electron chi connectivity index (χ0n) is 17.5.